The number of methoxy groups -OCH3 is 1. The molecule has 3 rings (SSSR count). The molecule has 0 radical (unpaired) electrons. The SMILES string of the molecule is COc1cc(-c2ccc(CNC3CC3)o2)ccc1Br. The standard InChI is InChI=1S/C15H16BrNO2/c1-18-15-8-10(2-6-13(15)16)14-7-5-12(19-14)9-17-11-3-4-11/h2,5-8,11,17H,3-4,9H2,1H3. The second kappa shape index (κ2) is 5.39. The third-order valence-corrected chi connectivity index (χ3v) is 3.89. The van der Waals surface area contributed by atoms with E-state index in [4.69, 9.17) is 9.15 Å². The lowest BCUT2D eigenvalue weighted by atomic mass is 10.1. The van der Waals surface area contributed by atoms with E-state index in [1.807, 2.05) is 30.3 Å². The third kappa shape index (κ3) is 3.01. The monoisotopic (exact) mass is 321 g/mol. The van der Waals surface area contributed by atoms with Gasteiger partial charge >= 0.3 is 0 Å². The maximum Gasteiger partial charge on any atom is 0.134 e. The highest BCUT2D eigenvalue weighted by Crippen LogP contribution is 2.31. The average molecular weight is 322 g/mol. The van der Waals surface area contributed by atoms with Crippen LogP contribution in [-0.2, 0) is 6.54 Å². The Morgan fingerprint density at radius 1 is 1.32 bits per heavy atom. The number of hydrogen-bond acceptors (Lipinski definition) is 3. The molecule has 1 N–H and O–H groups in total. The number of halogens is 1. The zero-order valence-electron chi connectivity index (χ0n) is 10.8. The van der Waals surface area contributed by atoms with Crippen molar-refractivity contribution in [2.45, 2.75) is 25.4 Å². The maximum atomic E-state index is 5.85. The molecular formula is C15H16BrNO2. The van der Waals surface area contributed by atoms with Crippen LogP contribution in [0.5, 0.6) is 5.75 Å². The molecule has 3 nitrogen and oxygen atoms in total. The van der Waals surface area contributed by atoms with Gasteiger partial charge in [-0.1, -0.05) is 0 Å². The van der Waals surface area contributed by atoms with Crippen molar-refractivity contribution >= 4 is 15.9 Å². The van der Waals surface area contributed by atoms with Gasteiger partial charge in [0.05, 0.1) is 18.1 Å². The summed E-state index contributed by atoms with van der Waals surface area (Å²) in [6, 6.07) is 10.7. The Morgan fingerprint density at radius 2 is 2.16 bits per heavy atom. The van der Waals surface area contributed by atoms with Gasteiger partial charge in [-0.3, -0.25) is 0 Å². The number of ether oxygens (including phenoxy) is 1. The Morgan fingerprint density at radius 3 is 2.89 bits per heavy atom. The predicted octanol–water partition coefficient (Wildman–Crippen LogP) is 3.97. The molecule has 1 aliphatic carbocycles. The van der Waals surface area contributed by atoms with Crippen LogP contribution in [0.3, 0.4) is 0 Å². The quantitative estimate of drug-likeness (QED) is 0.904. The van der Waals surface area contributed by atoms with Crippen molar-refractivity contribution < 1.29 is 9.15 Å². The fourth-order valence-corrected chi connectivity index (χ4v) is 2.38. The van der Waals surface area contributed by atoms with Crippen molar-refractivity contribution in [1.82, 2.24) is 5.32 Å². The number of benzene rings is 1. The molecule has 0 bridgehead atoms. The van der Waals surface area contributed by atoms with Crippen molar-refractivity contribution in [3.8, 4) is 17.1 Å². The molecule has 1 saturated carbocycles. The molecule has 0 unspecified atom stereocenters. The zero-order valence-corrected chi connectivity index (χ0v) is 12.4. The summed E-state index contributed by atoms with van der Waals surface area (Å²) in [6.07, 6.45) is 2.58. The normalized spacial score (nSPS) is 14.6. The van der Waals surface area contributed by atoms with E-state index in [9.17, 15) is 0 Å². The van der Waals surface area contributed by atoms with E-state index in [-0.39, 0.29) is 0 Å². The molecule has 0 saturated heterocycles. The van der Waals surface area contributed by atoms with Crippen LogP contribution in [0.25, 0.3) is 11.3 Å². The topological polar surface area (TPSA) is 34.4 Å². The Kier molecular flexibility index (Phi) is 3.62. The summed E-state index contributed by atoms with van der Waals surface area (Å²) in [6.45, 7) is 0.804. The van der Waals surface area contributed by atoms with Crippen LogP contribution in [0.1, 0.15) is 18.6 Å². The van der Waals surface area contributed by atoms with E-state index in [1.54, 1.807) is 7.11 Å². The summed E-state index contributed by atoms with van der Waals surface area (Å²) in [4.78, 5) is 0. The van der Waals surface area contributed by atoms with Crippen molar-refractivity contribution in [2.75, 3.05) is 7.11 Å². The highest BCUT2D eigenvalue weighted by Gasteiger charge is 2.20. The lowest BCUT2D eigenvalue weighted by molar-refractivity contribution is 0.412. The average Bonchev–Trinajstić information content (AvgIpc) is 3.14. The van der Waals surface area contributed by atoms with Gasteiger partial charge in [0.1, 0.15) is 17.3 Å². The molecule has 0 amide bonds. The van der Waals surface area contributed by atoms with Gasteiger partial charge in [0.15, 0.2) is 0 Å². The lowest BCUT2D eigenvalue weighted by Gasteiger charge is -2.05. The molecule has 19 heavy (non-hydrogen) atoms. The molecule has 100 valence electrons. The number of hydrogen-bond donors (Lipinski definition) is 1. The van der Waals surface area contributed by atoms with Crippen LogP contribution >= 0.6 is 15.9 Å². The first kappa shape index (κ1) is 12.8. The van der Waals surface area contributed by atoms with Gasteiger partial charge in [0, 0.05) is 11.6 Å². The Balaban J connectivity index is 1.77. The van der Waals surface area contributed by atoms with Gasteiger partial charge in [0.2, 0.25) is 0 Å². The molecule has 1 fully saturated rings. The predicted molar refractivity (Wildman–Crippen MR) is 78.3 cm³/mol. The first-order valence-electron chi connectivity index (χ1n) is 6.42. The summed E-state index contributed by atoms with van der Waals surface area (Å²) in [5.74, 6) is 2.66. The van der Waals surface area contributed by atoms with Crippen LogP contribution < -0.4 is 10.1 Å². The summed E-state index contributed by atoms with van der Waals surface area (Å²) >= 11 is 3.45. The first-order valence-corrected chi connectivity index (χ1v) is 7.21. The Labute approximate surface area is 121 Å². The molecule has 0 aliphatic heterocycles. The van der Waals surface area contributed by atoms with Crippen LogP contribution in [-0.4, -0.2) is 13.2 Å². The fourth-order valence-electron chi connectivity index (χ4n) is 1.97. The summed E-state index contributed by atoms with van der Waals surface area (Å²) in [5, 5.41) is 3.44. The molecule has 2 aromatic rings. The summed E-state index contributed by atoms with van der Waals surface area (Å²) in [7, 11) is 1.66. The summed E-state index contributed by atoms with van der Waals surface area (Å²) < 4.78 is 12.1. The van der Waals surface area contributed by atoms with Crippen molar-refractivity contribution in [3.05, 3.63) is 40.6 Å². The van der Waals surface area contributed by atoms with Gasteiger partial charge in [-0.15, -0.1) is 0 Å². The molecule has 1 aliphatic rings. The Hall–Kier alpha value is -1.26. The maximum absolute atomic E-state index is 5.85. The van der Waals surface area contributed by atoms with Crippen LogP contribution in [0.4, 0.5) is 0 Å². The number of rotatable bonds is 5. The van der Waals surface area contributed by atoms with Gasteiger partial charge in [0.25, 0.3) is 0 Å². The smallest absolute Gasteiger partial charge is 0.134 e. The Bertz CT molecular complexity index is 575. The van der Waals surface area contributed by atoms with Crippen molar-refractivity contribution in [3.63, 3.8) is 0 Å². The van der Waals surface area contributed by atoms with E-state index in [2.05, 4.69) is 21.2 Å². The van der Waals surface area contributed by atoms with Gasteiger partial charge in [-0.25, -0.2) is 0 Å². The second-order valence-electron chi connectivity index (χ2n) is 4.77. The van der Waals surface area contributed by atoms with E-state index in [0.717, 1.165) is 33.9 Å². The zero-order chi connectivity index (χ0) is 13.2. The first-order chi connectivity index (χ1) is 9.26. The number of nitrogens with one attached hydrogen (secondary N) is 1. The minimum atomic E-state index is 0.696. The van der Waals surface area contributed by atoms with Crippen molar-refractivity contribution in [1.29, 1.82) is 0 Å². The van der Waals surface area contributed by atoms with E-state index in [0.29, 0.717) is 6.04 Å². The fraction of sp³-hybridized carbons (Fsp3) is 0.333. The van der Waals surface area contributed by atoms with Crippen molar-refractivity contribution in [2.24, 2.45) is 0 Å². The van der Waals surface area contributed by atoms with Crippen LogP contribution in [0, 0.1) is 0 Å². The lowest BCUT2D eigenvalue weighted by Crippen LogP contribution is -2.14. The van der Waals surface area contributed by atoms with Gasteiger partial charge < -0.3 is 14.5 Å². The molecule has 1 heterocycles. The second-order valence-corrected chi connectivity index (χ2v) is 5.62. The van der Waals surface area contributed by atoms with E-state index >= 15 is 0 Å². The van der Waals surface area contributed by atoms with Crippen LogP contribution in [0.2, 0.25) is 0 Å². The molecule has 4 heteroatoms. The largest absolute Gasteiger partial charge is 0.496 e. The molecule has 0 spiro atoms. The van der Waals surface area contributed by atoms with Gasteiger partial charge in [-0.05, 0) is 59.1 Å². The number of furan rings is 1. The molecule has 1 aromatic carbocycles. The highest BCUT2D eigenvalue weighted by molar-refractivity contribution is 9.10. The summed E-state index contributed by atoms with van der Waals surface area (Å²) in [5.41, 5.74) is 1.03. The van der Waals surface area contributed by atoms with Gasteiger partial charge in [-0.2, -0.15) is 0 Å². The van der Waals surface area contributed by atoms with Crippen LogP contribution in [0.15, 0.2) is 39.2 Å². The highest BCUT2D eigenvalue weighted by atomic mass is 79.9. The molecule has 1 aromatic heterocycles. The molecular weight excluding hydrogens is 306 g/mol. The van der Waals surface area contributed by atoms with E-state index in [1.165, 1.54) is 12.8 Å². The van der Waals surface area contributed by atoms with E-state index < -0.39 is 0 Å². The third-order valence-electron chi connectivity index (χ3n) is 3.24. The molecule has 0 atom stereocenters. The minimum Gasteiger partial charge on any atom is -0.496 e. The minimum absolute atomic E-state index is 0.696.